The topological polar surface area (TPSA) is 115 Å². The summed E-state index contributed by atoms with van der Waals surface area (Å²) in [6.07, 6.45) is 2.74. The van der Waals surface area contributed by atoms with Gasteiger partial charge in [0.15, 0.2) is 17.4 Å². The number of benzene rings is 1. The fourth-order valence-electron chi connectivity index (χ4n) is 2.72. The van der Waals surface area contributed by atoms with E-state index in [4.69, 9.17) is 20.9 Å². The molecule has 0 fully saturated rings. The van der Waals surface area contributed by atoms with Gasteiger partial charge in [-0.25, -0.2) is 24.1 Å². The van der Waals surface area contributed by atoms with Crippen molar-refractivity contribution in [1.82, 2.24) is 20.1 Å². The third kappa shape index (κ3) is 4.75. The number of nitrogens with one attached hydrogen (secondary N) is 2. The molecule has 11 heteroatoms. The second-order valence-corrected chi connectivity index (χ2v) is 8.24. The van der Waals surface area contributed by atoms with Gasteiger partial charge in [-0.3, -0.25) is 5.32 Å². The summed E-state index contributed by atoms with van der Waals surface area (Å²) in [7, 11) is 0. The molecule has 32 heavy (non-hydrogen) atoms. The lowest BCUT2D eigenvalue weighted by Gasteiger charge is -2.12. The molecule has 164 valence electrons. The minimum atomic E-state index is -0.703. The van der Waals surface area contributed by atoms with E-state index in [1.54, 1.807) is 6.07 Å². The SMILES string of the molecule is CC(C)(C)c1cc(NC(=O)Nc2ccc(Oc3ncnc4cnc(Cl)cc34)c(F)c2)no1. The summed E-state index contributed by atoms with van der Waals surface area (Å²) in [6.45, 7) is 5.87. The average Bonchev–Trinajstić information content (AvgIpc) is 3.19. The number of anilines is 2. The first-order valence-electron chi connectivity index (χ1n) is 9.48. The molecule has 0 atom stereocenters. The zero-order chi connectivity index (χ0) is 22.9. The van der Waals surface area contributed by atoms with Crippen molar-refractivity contribution in [2.75, 3.05) is 10.6 Å². The molecule has 4 aromatic rings. The van der Waals surface area contributed by atoms with Crippen LogP contribution < -0.4 is 15.4 Å². The van der Waals surface area contributed by atoms with E-state index in [9.17, 15) is 9.18 Å². The Balaban J connectivity index is 1.46. The molecule has 0 aliphatic heterocycles. The van der Waals surface area contributed by atoms with Crippen LogP contribution >= 0.6 is 11.6 Å². The number of carbonyl (C=O) groups excluding carboxylic acids is 1. The third-order valence-corrected chi connectivity index (χ3v) is 4.55. The first-order chi connectivity index (χ1) is 15.2. The van der Waals surface area contributed by atoms with Crippen LogP contribution in [-0.2, 0) is 5.41 Å². The van der Waals surface area contributed by atoms with Gasteiger partial charge in [-0.2, -0.15) is 0 Å². The van der Waals surface area contributed by atoms with Crippen molar-refractivity contribution in [3.8, 4) is 11.6 Å². The predicted molar refractivity (Wildman–Crippen MR) is 117 cm³/mol. The molecule has 0 aliphatic carbocycles. The van der Waals surface area contributed by atoms with E-state index >= 15 is 0 Å². The number of halogens is 2. The first-order valence-corrected chi connectivity index (χ1v) is 9.86. The van der Waals surface area contributed by atoms with Crippen molar-refractivity contribution >= 4 is 40.0 Å². The van der Waals surface area contributed by atoms with Crippen LogP contribution in [0.5, 0.6) is 11.6 Å². The smallest absolute Gasteiger partial charge is 0.324 e. The first kappa shape index (κ1) is 21.4. The summed E-state index contributed by atoms with van der Waals surface area (Å²) in [6, 6.07) is 6.53. The molecule has 0 aliphatic rings. The minimum absolute atomic E-state index is 0.0878. The van der Waals surface area contributed by atoms with Crippen LogP contribution in [0.1, 0.15) is 26.5 Å². The Hall–Kier alpha value is -3.79. The van der Waals surface area contributed by atoms with Crippen LogP contribution in [0.25, 0.3) is 10.9 Å². The standard InChI is InChI=1S/C21H18ClFN6O3/c1-21(2,3)16-8-18(29-32-16)28-20(30)27-11-4-5-15(13(23)6-11)31-19-12-7-17(22)24-9-14(12)25-10-26-19/h4-10H,1-3H3,(H2,27,28,29,30). The molecular formula is C21H18ClFN6O3. The van der Waals surface area contributed by atoms with Gasteiger partial charge in [-0.15, -0.1) is 0 Å². The quantitative estimate of drug-likeness (QED) is 0.387. The van der Waals surface area contributed by atoms with E-state index in [1.165, 1.54) is 30.7 Å². The highest BCUT2D eigenvalue weighted by atomic mass is 35.5. The molecule has 0 saturated carbocycles. The Morgan fingerprint density at radius 3 is 2.66 bits per heavy atom. The van der Waals surface area contributed by atoms with Crippen molar-refractivity contribution in [1.29, 1.82) is 0 Å². The molecule has 4 rings (SSSR count). The lowest BCUT2D eigenvalue weighted by molar-refractivity contribution is 0.262. The zero-order valence-electron chi connectivity index (χ0n) is 17.3. The Kier molecular flexibility index (Phi) is 5.62. The number of fused-ring (bicyclic) bond motifs is 1. The summed E-state index contributed by atoms with van der Waals surface area (Å²) in [5, 5.41) is 9.58. The van der Waals surface area contributed by atoms with E-state index in [2.05, 4.69) is 30.7 Å². The van der Waals surface area contributed by atoms with Crippen LogP contribution in [0.2, 0.25) is 5.15 Å². The molecule has 0 unspecified atom stereocenters. The number of carbonyl (C=O) groups is 1. The van der Waals surface area contributed by atoms with E-state index in [0.717, 1.165) is 6.07 Å². The number of ether oxygens (including phenoxy) is 1. The third-order valence-electron chi connectivity index (χ3n) is 4.34. The summed E-state index contributed by atoms with van der Waals surface area (Å²) >= 11 is 5.92. The van der Waals surface area contributed by atoms with Crippen LogP contribution in [0.4, 0.5) is 20.7 Å². The summed E-state index contributed by atoms with van der Waals surface area (Å²) in [4.78, 5) is 24.3. The number of nitrogens with zero attached hydrogens (tertiary/aromatic N) is 4. The maximum atomic E-state index is 14.6. The molecule has 9 nitrogen and oxygen atoms in total. The van der Waals surface area contributed by atoms with Crippen molar-refractivity contribution in [2.24, 2.45) is 0 Å². The molecule has 3 aromatic heterocycles. The number of aromatic nitrogens is 4. The maximum absolute atomic E-state index is 14.6. The Labute approximate surface area is 187 Å². The molecule has 2 amide bonds. The zero-order valence-corrected chi connectivity index (χ0v) is 18.1. The number of amides is 2. The van der Waals surface area contributed by atoms with Crippen molar-refractivity contribution < 1.29 is 18.4 Å². The number of rotatable bonds is 4. The second kappa shape index (κ2) is 8.39. The maximum Gasteiger partial charge on any atom is 0.324 e. The van der Waals surface area contributed by atoms with Gasteiger partial charge < -0.3 is 14.6 Å². The molecule has 0 radical (unpaired) electrons. The van der Waals surface area contributed by atoms with E-state index < -0.39 is 11.8 Å². The lowest BCUT2D eigenvalue weighted by atomic mass is 9.93. The normalized spacial score (nSPS) is 11.4. The van der Waals surface area contributed by atoms with Crippen LogP contribution in [0.3, 0.4) is 0 Å². The van der Waals surface area contributed by atoms with Gasteiger partial charge in [0.1, 0.15) is 17.2 Å². The predicted octanol–water partition coefficient (Wildman–Crippen LogP) is 5.54. The lowest BCUT2D eigenvalue weighted by Crippen LogP contribution is -2.19. The number of hydrogen-bond donors (Lipinski definition) is 2. The molecule has 0 spiro atoms. The monoisotopic (exact) mass is 456 g/mol. The van der Waals surface area contributed by atoms with Gasteiger partial charge in [-0.05, 0) is 18.2 Å². The number of hydrogen-bond acceptors (Lipinski definition) is 7. The molecule has 1 aromatic carbocycles. The molecule has 0 saturated heterocycles. The van der Waals surface area contributed by atoms with E-state index in [-0.39, 0.29) is 33.7 Å². The van der Waals surface area contributed by atoms with Crippen molar-refractivity contribution in [2.45, 2.75) is 26.2 Å². The van der Waals surface area contributed by atoms with Crippen molar-refractivity contribution in [3.05, 3.63) is 59.6 Å². The largest absolute Gasteiger partial charge is 0.435 e. The number of urea groups is 1. The highest BCUT2D eigenvalue weighted by molar-refractivity contribution is 6.30. The Morgan fingerprint density at radius 1 is 1.12 bits per heavy atom. The average molecular weight is 457 g/mol. The van der Waals surface area contributed by atoms with E-state index in [1.807, 2.05) is 20.8 Å². The van der Waals surface area contributed by atoms with Gasteiger partial charge in [0.05, 0.1) is 17.1 Å². The van der Waals surface area contributed by atoms with Gasteiger partial charge in [0, 0.05) is 23.2 Å². The van der Waals surface area contributed by atoms with Crippen LogP contribution in [0.15, 0.2) is 47.4 Å². The summed E-state index contributed by atoms with van der Waals surface area (Å²) in [5.41, 5.74) is 0.461. The molecule has 2 N–H and O–H groups in total. The van der Waals surface area contributed by atoms with Crippen LogP contribution in [-0.4, -0.2) is 26.1 Å². The fourth-order valence-corrected chi connectivity index (χ4v) is 2.88. The van der Waals surface area contributed by atoms with Crippen molar-refractivity contribution in [3.63, 3.8) is 0 Å². The van der Waals surface area contributed by atoms with Gasteiger partial charge >= 0.3 is 6.03 Å². The van der Waals surface area contributed by atoms with E-state index in [0.29, 0.717) is 16.7 Å². The van der Waals surface area contributed by atoms with Gasteiger partial charge in [0.2, 0.25) is 5.88 Å². The molecule has 3 heterocycles. The molecule has 0 bridgehead atoms. The van der Waals surface area contributed by atoms with Gasteiger partial charge in [0.25, 0.3) is 0 Å². The highest BCUT2D eigenvalue weighted by Crippen LogP contribution is 2.30. The minimum Gasteiger partial charge on any atom is -0.435 e. The van der Waals surface area contributed by atoms with Crippen LogP contribution in [0, 0.1) is 5.82 Å². The van der Waals surface area contributed by atoms with Gasteiger partial charge in [-0.1, -0.05) is 37.5 Å². The highest BCUT2D eigenvalue weighted by Gasteiger charge is 2.20. The summed E-state index contributed by atoms with van der Waals surface area (Å²) in [5.74, 6) is 0.199. The molecular weight excluding hydrogens is 439 g/mol. The Bertz CT molecular complexity index is 1300. The second-order valence-electron chi connectivity index (χ2n) is 7.86. The number of pyridine rings is 1. The Morgan fingerprint density at radius 2 is 1.94 bits per heavy atom. The summed E-state index contributed by atoms with van der Waals surface area (Å²) < 4.78 is 25.4. The fraction of sp³-hybridized carbons (Fsp3) is 0.190.